The SMILES string of the molecule is CCCC1O[C@@H]2C[C@H]3[C@@H]4C[C@H](F)C5=CC(=O)C(F)=C[C@]5(C)[C@@]4(F)[C@@H](O)C[C@]3(C)[C@]2(C(=O)COC(C)=O)O1. The van der Waals surface area contributed by atoms with E-state index < -0.39 is 88.6 Å². The summed E-state index contributed by atoms with van der Waals surface area (Å²) in [6, 6.07) is 0. The number of allylic oxidation sites excluding steroid dienone is 4. The maximum absolute atomic E-state index is 17.4. The van der Waals surface area contributed by atoms with E-state index in [-0.39, 0.29) is 24.8 Å². The topological polar surface area (TPSA) is 99.1 Å². The average molecular weight is 527 g/mol. The molecule has 3 saturated carbocycles. The summed E-state index contributed by atoms with van der Waals surface area (Å²) in [5.41, 5.74) is -7.42. The van der Waals surface area contributed by atoms with Crippen molar-refractivity contribution in [3.8, 4) is 0 Å². The Kier molecular flexibility index (Phi) is 6.09. The Morgan fingerprint density at radius 1 is 1.24 bits per heavy atom. The minimum Gasteiger partial charge on any atom is -0.458 e. The van der Waals surface area contributed by atoms with Crippen LogP contribution in [0.3, 0.4) is 0 Å². The number of hydrogen-bond acceptors (Lipinski definition) is 7. The van der Waals surface area contributed by atoms with Gasteiger partial charge in [-0.2, -0.15) is 0 Å². The first kappa shape index (κ1) is 26.6. The lowest BCUT2D eigenvalue weighted by molar-refractivity contribution is -0.235. The van der Waals surface area contributed by atoms with Crippen LogP contribution in [-0.4, -0.2) is 65.2 Å². The zero-order valence-electron chi connectivity index (χ0n) is 21.4. The largest absolute Gasteiger partial charge is 0.458 e. The second kappa shape index (κ2) is 8.48. The standard InChI is InChI=1S/C27H33F3O7/c1-5-6-23-36-22-9-14-15-7-17(28)16-8-19(32)18(29)10-24(16,3)26(15,30)20(33)11-25(14,4)27(22,37-23)21(34)12-35-13(2)31/h8,10,14-15,17,20,22-23,33H,5-7,9,11-12H2,1-4H3/t14-,15-,17-,20-,22+,23?,24-,25-,26-,27+/m0/s1. The molecular formula is C27H33F3O7. The van der Waals surface area contributed by atoms with Gasteiger partial charge in [-0.3, -0.25) is 14.4 Å². The number of aliphatic hydroxyl groups is 1. The van der Waals surface area contributed by atoms with Crippen LogP contribution in [0.2, 0.25) is 0 Å². The van der Waals surface area contributed by atoms with Crippen molar-refractivity contribution in [1.82, 2.24) is 0 Å². The van der Waals surface area contributed by atoms with Crippen LogP contribution in [0.25, 0.3) is 0 Å². The normalized spacial score (nSPS) is 48.3. The highest BCUT2D eigenvalue weighted by molar-refractivity contribution is 6.04. The summed E-state index contributed by atoms with van der Waals surface area (Å²) in [6.45, 7) is 5.55. The van der Waals surface area contributed by atoms with Crippen LogP contribution >= 0.6 is 0 Å². The molecule has 1 N–H and O–H groups in total. The molecule has 204 valence electrons. The summed E-state index contributed by atoms with van der Waals surface area (Å²) in [6.07, 6.45) is -2.64. The maximum atomic E-state index is 17.4. The molecule has 5 aliphatic rings. The van der Waals surface area contributed by atoms with E-state index in [9.17, 15) is 23.9 Å². The van der Waals surface area contributed by atoms with E-state index in [2.05, 4.69) is 0 Å². The molecule has 10 atom stereocenters. The van der Waals surface area contributed by atoms with Crippen LogP contribution in [0.5, 0.6) is 0 Å². The summed E-state index contributed by atoms with van der Waals surface area (Å²) in [7, 11) is 0. The summed E-state index contributed by atoms with van der Waals surface area (Å²) in [5, 5.41) is 11.5. The minimum absolute atomic E-state index is 0.151. The first-order valence-electron chi connectivity index (χ1n) is 12.9. The van der Waals surface area contributed by atoms with E-state index in [0.717, 1.165) is 12.2 Å². The van der Waals surface area contributed by atoms with Crippen molar-refractivity contribution in [2.24, 2.45) is 22.7 Å². The monoisotopic (exact) mass is 526 g/mol. The Morgan fingerprint density at radius 2 is 1.95 bits per heavy atom. The van der Waals surface area contributed by atoms with Crippen LogP contribution in [-0.2, 0) is 28.6 Å². The second-order valence-electron chi connectivity index (χ2n) is 11.6. The number of rotatable bonds is 5. The number of carbonyl (C=O) groups is 3. The molecular weight excluding hydrogens is 493 g/mol. The van der Waals surface area contributed by atoms with Gasteiger partial charge in [-0.25, -0.2) is 13.2 Å². The lowest BCUT2D eigenvalue weighted by Gasteiger charge is -2.63. The van der Waals surface area contributed by atoms with Gasteiger partial charge in [-0.1, -0.05) is 20.3 Å². The van der Waals surface area contributed by atoms with Gasteiger partial charge in [-0.15, -0.1) is 0 Å². The summed E-state index contributed by atoms with van der Waals surface area (Å²) in [5.74, 6) is -5.24. The van der Waals surface area contributed by atoms with Crippen molar-refractivity contribution in [3.05, 3.63) is 23.6 Å². The first-order valence-corrected chi connectivity index (χ1v) is 12.9. The Bertz CT molecular complexity index is 1110. The van der Waals surface area contributed by atoms with Crippen LogP contribution in [0, 0.1) is 22.7 Å². The van der Waals surface area contributed by atoms with Crippen LogP contribution in [0.1, 0.15) is 59.8 Å². The van der Waals surface area contributed by atoms with E-state index >= 15 is 8.78 Å². The molecule has 1 unspecified atom stereocenters. The number of Topliss-reactive ketones (excluding diaryl/α,β-unsaturated/α-hetero) is 1. The van der Waals surface area contributed by atoms with Gasteiger partial charge >= 0.3 is 5.97 Å². The van der Waals surface area contributed by atoms with Crippen LogP contribution in [0.4, 0.5) is 13.2 Å². The van der Waals surface area contributed by atoms with Crippen molar-refractivity contribution in [2.75, 3.05) is 6.61 Å². The number of hydrogen-bond donors (Lipinski definition) is 1. The Morgan fingerprint density at radius 3 is 2.59 bits per heavy atom. The molecule has 0 spiro atoms. The number of aliphatic hydroxyl groups excluding tert-OH is 1. The molecule has 4 aliphatic carbocycles. The predicted octanol–water partition coefficient (Wildman–Crippen LogP) is 3.62. The molecule has 0 bridgehead atoms. The van der Waals surface area contributed by atoms with E-state index in [1.807, 2.05) is 6.92 Å². The molecule has 7 nitrogen and oxygen atoms in total. The predicted molar refractivity (Wildman–Crippen MR) is 123 cm³/mol. The number of ketones is 2. The molecule has 0 amide bonds. The smallest absolute Gasteiger partial charge is 0.303 e. The van der Waals surface area contributed by atoms with Crippen LogP contribution < -0.4 is 0 Å². The highest BCUT2D eigenvalue weighted by atomic mass is 19.1. The van der Waals surface area contributed by atoms with Gasteiger partial charge in [0.25, 0.3) is 0 Å². The minimum atomic E-state index is -2.51. The fraction of sp³-hybridized carbons (Fsp3) is 0.741. The Labute approximate surface area is 213 Å². The maximum Gasteiger partial charge on any atom is 0.303 e. The van der Waals surface area contributed by atoms with Gasteiger partial charge in [0.2, 0.25) is 11.6 Å². The van der Waals surface area contributed by atoms with E-state index in [1.54, 1.807) is 6.92 Å². The molecule has 0 aromatic heterocycles. The third-order valence-corrected chi connectivity index (χ3v) is 9.83. The second-order valence-corrected chi connectivity index (χ2v) is 11.6. The number of fused-ring (bicyclic) bond motifs is 7. The van der Waals surface area contributed by atoms with Gasteiger partial charge in [-0.05, 0) is 56.3 Å². The number of ether oxygens (including phenoxy) is 3. The lowest BCUT2D eigenvalue weighted by Crippen LogP contribution is -2.71. The summed E-state index contributed by atoms with van der Waals surface area (Å²) < 4.78 is 64.9. The molecule has 37 heavy (non-hydrogen) atoms. The molecule has 10 heteroatoms. The fourth-order valence-corrected chi connectivity index (χ4v) is 8.21. The molecule has 0 aromatic carbocycles. The van der Waals surface area contributed by atoms with Crippen LogP contribution in [0.15, 0.2) is 23.6 Å². The number of carbonyl (C=O) groups excluding carboxylic acids is 3. The quantitative estimate of drug-likeness (QED) is 0.547. The van der Waals surface area contributed by atoms with Crippen molar-refractivity contribution < 1.29 is 46.9 Å². The number of alkyl halides is 2. The fourth-order valence-electron chi connectivity index (χ4n) is 8.21. The van der Waals surface area contributed by atoms with Crippen molar-refractivity contribution in [2.45, 2.75) is 95.7 Å². The molecule has 1 aliphatic heterocycles. The lowest BCUT2D eigenvalue weighted by atomic mass is 9.44. The average Bonchev–Trinajstić information content (AvgIpc) is 3.29. The molecule has 4 fully saturated rings. The van der Waals surface area contributed by atoms with Gasteiger partial charge in [0.05, 0.1) is 12.2 Å². The Hall–Kier alpha value is -2.04. The molecule has 0 aromatic rings. The van der Waals surface area contributed by atoms with Crippen molar-refractivity contribution in [1.29, 1.82) is 0 Å². The number of esters is 1. The molecule has 1 saturated heterocycles. The third-order valence-electron chi connectivity index (χ3n) is 9.83. The van der Waals surface area contributed by atoms with E-state index in [0.29, 0.717) is 12.8 Å². The van der Waals surface area contributed by atoms with Crippen molar-refractivity contribution >= 4 is 17.5 Å². The summed E-state index contributed by atoms with van der Waals surface area (Å²) >= 11 is 0. The highest BCUT2D eigenvalue weighted by Gasteiger charge is 2.80. The first-order chi connectivity index (χ1) is 17.3. The van der Waals surface area contributed by atoms with Gasteiger partial charge in [0, 0.05) is 23.7 Å². The molecule has 1 heterocycles. The van der Waals surface area contributed by atoms with Gasteiger partial charge in [0.15, 0.2) is 30.0 Å². The van der Waals surface area contributed by atoms with Crippen molar-refractivity contribution in [3.63, 3.8) is 0 Å². The molecule has 0 radical (unpaired) electrons. The number of halogens is 3. The molecule has 5 rings (SSSR count). The Balaban J connectivity index is 1.61. The van der Waals surface area contributed by atoms with E-state index in [4.69, 9.17) is 14.2 Å². The van der Waals surface area contributed by atoms with E-state index in [1.165, 1.54) is 13.8 Å². The van der Waals surface area contributed by atoms with Gasteiger partial charge < -0.3 is 19.3 Å². The zero-order chi connectivity index (χ0) is 27.1. The zero-order valence-corrected chi connectivity index (χ0v) is 21.4. The third kappa shape index (κ3) is 3.27. The highest BCUT2D eigenvalue weighted by Crippen LogP contribution is 2.72. The summed E-state index contributed by atoms with van der Waals surface area (Å²) in [4.78, 5) is 37.2. The van der Waals surface area contributed by atoms with Gasteiger partial charge in [0.1, 0.15) is 6.17 Å².